The van der Waals surface area contributed by atoms with Gasteiger partial charge in [0.1, 0.15) is 0 Å². The van der Waals surface area contributed by atoms with Crippen LogP contribution in [-0.4, -0.2) is 45.8 Å². The van der Waals surface area contributed by atoms with E-state index in [1.165, 1.54) is 19.4 Å². The third kappa shape index (κ3) is 3.23. The fourth-order valence-electron chi connectivity index (χ4n) is 3.94. The van der Waals surface area contributed by atoms with Gasteiger partial charge in [0.05, 0.1) is 16.6 Å². The topological polar surface area (TPSA) is 107 Å². The number of hydrogen-bond acceptors (Lipinski definition) is 5. The number of hydrogen-bond donors (Lipinski definition) is 3. The molecule has 3 heterocycles. The molecule has 8 nitrogen and oxygen atoms in total. The molecule has 0 bridgehead atoms. The van der Waals surface area contributed by atoms with Gasteiger partial charge in [-0.25, -0.2) is 4.98 Å². The number of aromatic nitrogens is 2. The fraction of sp³-hybridized carbons (Fsp3) is 0.368. The van der Waals surface area contributed by atoms with Crippen LogP contribution in [0.25, 0.3) is 16.6 Å². The van der Waals surface area contributed by atoms with Crippen molar-refractivity contribution >= 4 is 28.2 Å². The average molecular weight is 364 g/mol. The monoisotopic (exact) mass is 364 g/mol. The molecular weight excluding hydrogens is 340 g/mol. The molecule has 4 N–H and O–H groups in total. The van der Waals surface area contributed by atoms with E-state index in [1.54, 1.807) is 0 Å². The highest BCUT2D eigenvalue weighted by molar-refractivity contribution is 6.00. The molecule has 1 atom stereocenters. The number of nitrogens with zero attached hydrogens (tertiary/aromatic N) is 5. The van der Waals surface area contributed by atoms with Gasteiger partial charge in [-0.3, -0.25) is 4.90 Å². The van der Waals surface area contributed by atoms with Crippen LogP contribution in [0.4, 0.5) is 5.82 Å². The number of amidine groups is 1. The molecule has 1 aromatic carbocycles. The van der Waals surface area contributed by atoms with Gasteiger partial charge in [0, 0.05) is 24.3 Å². The summed E-state index contributed by atoms with van der Waals surface area (Å²) in [6.45, 7) is 5.36. The zero-order valence-electron chi connectivity index (χ0n) is 15.4. The molecule has 4 rings (SSSR count). The largest absolute Gasteiger partial charge is 0.382 e. The fourth-order valence-corrected chi connectivity index (χ4v) is 3.94. The summed E-state index contributed by atoms with van der Waals surface area (Å²) in [6.07, 6.45) is 4.52. The van der Waals surface area contributed by atoms with Crippen LogP contribution in [0.2, 0.25) is 0 Å². The standard InChI is InChI=1S/C19H24N8/c1-2-26-9-3-5-14(26)12-22-19-17-6-4-10-27(17)16-8-7-13(11-15(16)23-19)18(20)24-25-21/h4,6-8,10-11,14H,2-3,5,9,12H2,1H3,(H,22,23)(H3,20,21,24). The Morgan fingerprint density at radius 3 is 3.07 bits per heavy atom. The van der Waals surface area contributed by atoms with Crippen molar-refractivity contribution < 1.29 is 0 Å². The van der Waals surface area contributed by atoms with E-state index < -0.39 is 0 Å². The second-order valence-corrected chi connectivity index (χ2v) is 6.82. The first-order valence-corrected chi connectivity index (χ1v) is 9.30. The van der Waals surface area contributed by atoms with Crippen molar-refractivity contribution in [1.29, 1.82) is 5.53 Å². The first kappa shape index (κ1) is 17.4. The molecule has 1 saturated heterocycles. The highest BCUT2D eigenvalue weighted by Crippen LogP contribution is 2.24. The zero-order valence-corrected chi connectivity index (χ0v) is 15.4. The van der Waals surface area contributed by atoms with Gasteiger partial charge in [0.15, 0.2) is 11.7 Å². The van der Waals surface area contributed by atoms with Gasteiger partial charge in [-0.05, 0) is 56.3 Å². The molecule has 0 aliphatic carbocycles. The van der Waals surface area contributed by atoms with Crippen LogP contribution >= 0.6 is 0 Å². The minimum absolute atomic E-state index is 0.209. The minimum atomic E-state index is 0.209. The van der Waals surface area contributed by atoms with E-state index in [0.29, 0.717) is 11.6 Å². The number of rotatable bonds is 6. The first-order chi connectivity index (χ1) is 13.2. The Kier molecular flexibility index (Phi) is 4.72. The molecule has 27 heavy (non-hydrogen) atoms. The van der Waals surface area contributed by atoms with E-state index in [0.717, 1.165) is 35.5 Å². The number of likely N-dealkylation sites (tertiary alicyclic amines) is 1. The third-order valence-electron chi connectivity index (χ3n) is 5.32. The Morgan fingerprint density at radius 2 is 2.26 bits per heavy atom. The van der Waals surface area contributed by atoms with Crippen molar-refractivity contribution in [1.82, 2.24) is 14.3 Å². The molecule has 0 radical (unpaired) electrons. The molecule has 2 aromatic heterocycles. The summed E-state index contributed by atoms with van der Waals surface area (Å²) in [6, 6.07) is 10.4. The molecular formula is C19H24N8. The Hall–Kier alpha value is -3.00. The van der Waals surface area contributed by atoms with E-state index in [4.69, 9.17) is 16.2 Å². The van der Waals surface area contributed by atoms with Crippen molar-refractivity contribution in [2.45, 2.75) is 25.8 Å². The van der Waals surface area contributed by atoms with Crippen molar-refractivity contribution in [2.75, 3.05) is 25.0 Å². The second-order valence-electron chi connectivity index (χ2n) is 6.82. The predicted molar refractivity (Wildman–Crippen MR) is 107 cm³/mol. The lowest BCUT2D eigenvalue weighted by atomic mass is 10.1. The van der Waals surface area contributed by atoms with E-state index in [9.17, 15) is 0 Å². The molecule has 1 unspecified atom stereocenters. The van der Waals surface area contributed by atoms with Gasteiger partial charge in [0.25, 0.3) is 0 Å². The van der Waals surface area contributed by atoms with Crippen LogP contribution in [0, 0.1) is 5.53 Å². The van der Waals surface area contributed by atoms with Gasteiger partial charge < -0.3 is 15.5 Å². The van der Waals surface area contributed by atoms with Gasteiger partial charge >= 0.3 is 0 Å². The molecule has 3 aromatic rings. The SMILES string of the molecule is CCN1CCCC1CNc1nc2cc(C(N)=NN=N)ccc2n2cccc12. The molecule has 8 heteroatoms. The van der Waals surface area contributed by atoms with Gasteiger partial charge in [0.2, 0.25) is 0 Å². The maximum Gasteiger partial charge on any atom is 0.155 e. The van der Waals surface area contributed by atoms with E-state index in [2.05, 4.69) is 37.9 Å². The quantitative estimate of drug-likeness (QED) is 0.270. The lowest BCUT2D eigenvalue weighted by Crippen LogP contribution is -2.34. The summed E-state index contributed by atoms with van der Waals surface area (Å²) in [7, 11) is 0. The van der Waals surface area contributed by atoms with Crippen LogP contribution in [0.1, 0.15) is 25.3 Å². The molecule has 1 fully saturated rings. The first-order valence-electron chi connectivity index (χ1n) is 9.30. The molecule has 0 saturated carbocycles. The molecule has 0 amide bonds. The highest BCUT2D eigenvalue weighted by Gasteiger charge is 2.23. The Morgan fingerprint density at radius 1 is 1.37 bits per heavy atom. The average Bonchev–Trinajstić information content (AvgIpc) is 3.35. The Labute approximate surface area is 157 Å². The lowest BCUT2D eigenvalue weighted by molar-refractivity contribution is 0.277. The van der Waals surface area contributed by atoms with Crippen molar-refractivity contribution in [3.8, 4) is 0 Å². The van der Waals surface area contributed by atoms with Crippen LogP contribution < -0.4 is 11.1 Å². The zero-order chi connectivity index (χ0) is 18.8. The summed E-state index contributed by atoms with van der Waals surface area (Å²) in [5.41, 5.74) is 16.3. The summed E-state index contributed by atoms with van der Waals surface area (Å²) < 4.78 is 2.13. The summed E-state index contributed by atoms with van der Waals surface area (Å²) in [4.78, 5) is 7.37. The number of nitrogens with two attached hydrogens (primary N) is 1. The van der Waals surface area contributed by atoms with Crippen LogP contribution in [0.15, 0.2) is 46.9 Å². The predicted octanol–water partition coefficient (Wildman–Crippen LogP) is 3.03. The number of nitrogens with one attached hydrogen (secondary N) is 2. The maximum absolute atomic E-state index is 6.86. The summed E-state index contributed by atoms with van der Waals surface area (Å²) >= 11 is 0. The molecule has 0 spiro atoms. The van der Waals surface area contributed by atoms with Crippen molar-refractivity contribution in [3.63, 3.8) is 0 Å². The van der Waals surface area contributed by atoms with Crippen LogP contribution in [0.5, 0.6) is 0 Å². The Balaban J connectivity index is 1.71. The van der Waals surface area contributed by atoms with E-state index in [1.807, 2.05) is 30.5 Å². The second kappa shape index (κ2) is 7.32. The minimum Gasteiger partial charge on any atom is -0.382 e. The highest BCUT2D eigenvalue weighted by atomic mass is 15.3. The normalized spacial score (nSPS) is 18.4. The summed E-state index contributed by atoms with van der Waals surface area (Å²) in [5, 5.41) is 10.2. The summed E-state index contributed by atoms with van der Waals surface area (Å²) in [5.74, 6) is 1.08. The number of likely N-dealkylation sites (N-methyl/N-ethyl adjacent to an activating group) is 1. The molecule has 1 aliphatic rings. The smallest absolute Gasteiger partial charge is 0.155 e. The molecule has 140 valence electrons. The van der Waals surface area contributed by atoms with Crippen LogP contribution in [0.3, 0.4) is 0 Å². The third-order valence-corrected chi connectivity index (χ3v) is 5.32. The number of benzene rings is 1. The van der Waals surface area contributed by atoms with E-state index >= 15 is 0 Å². The van der Waals surface area contributed by atoms with Crippen LogP contribution in [-0.2, 0) is 0 Å². The van der Waals surface area contributed by atoms with Gasteiger partial charge in [-0.15, -0.1) is 5.10 Å². The Bertz CT molecular complexity index is 1010. The number of anilines is 1. The maximum atomic E-state index is 6.86. The van der Waals surface area contributed by atoms with Gasteiger partial charge in [-0.1, -0.05) is 12.1 Å². The molecule has 1 aliphatic heterocycles. The van der Waals surface area contributed by atoms with Crippen molar-refractivity contribution in [2.24, 2.45) is 16.1 Å². The lowest BCUT2D eigenvalue weighted by Gasteiger charge is -2.23. The number of fused-ring (bicyclic) bond motifs is 3. The van der Waals surface area contributed by atoms with E-state index in [-0.39, 0.29) is 5.84 Å². The van der Waals surface area contributed by atoms with Crippen molar-refractivity contribution in [3.05, 3.63) is 42.1 Å². The van der Waals surface area contributed by atoms with Gasteiger partial charge in [-0.2, -0.15) is 5.53 Å².